The van der Waals surface area contributed by atoms with Gasteiger partial charge in [-0.1, -0.05) is 20.8 Å². The summed E-state index contributed by atoms with van der Waals surface area (Å²) in [6.45, 7) is 7.91. The molecule has 1 saturated carbocycles. The maximum Gasteiger partial charge on any atom is 0.0110 e. The molecule has 0 saturated heterocycles. The summed E-state index contributed by atoms with van der Waals surface area (Å²) < 4.78 is 0. The number of hydrogen-bond acceptors (Lipinski definition) is 1. The molecule has 0 aromatic rings. The van der Waals surface area contributed by atoms with Crippen LogP contribution in [0.3, 0.4) is 0 Å². The molecule has 0 amide bonds. The smallest absolute Gasteiger partial charge is 0.0110 e. The molecular formula is C12H21N. The van der Waals surface area contributed by atoms with Crippen LogP contribution in [0.1, 0.15) is 40.0 Å². The zero-order valence-corrected chi connectivity index (χ0v) is 9.06. The maximum atomic E-state index is 5.28. The van der Waals surface area contributed by atoms with Gasteiger partial charge in [0, 0.05) is 12.5 Å². The molecule has 1 N–H and O–H groups in total. The zero-order chi connectivity index (χ0) is 9.90. The topological polar surface area (TPSA) is 12.0 Å². The first kappa shape index (κ1) is 10.6. The van der Waals surface area contributed by atoms with Gasteiger partial charge in [0.25, 0.3) is 0 Å². The van der Waals surface area contributed by atoms with E-state index in [4.69, 9.17) is 6.42 Å². The van der Waals surface area contributed by atoms with Crippen molar-refractivity contribution in [2.75, 3.05) is 6.54 Å². The second-order valence-corrected chi connectivity index (χ2v) is 4.71. The van der Waals surface area contributed by atoms with Crippen LogP contribution in [-0.2, 0) is 0 Å². The summed E-state index contributed by atoms with van der Waals surface area (Å²) in [5.74, 6) is 3.57. The minimum atomic E-state index is 0.557. The fourth-order valence-electron chi connectivity index (χ4n) is 2.14. The van der Waals surface area contributed by atoms with Crippen LogP contribution in [-0.4, -0.2) is 12.6 Å². The lowest BCUT2D eigenvalue weighted by Gasteiger charge is -2.18. The van der Waals surface area contributed by atoms with E-state index in [1.807, 2.05) is 0 Å². The van der Waals surface area contributed by atoms with Gasteiger partial charge in [0.1, 0.15) is 0 Å². The second-order valence-electron chi connectivity index (χ2n) is 4.71. The van der Waals surface area contributed by atoms with E-state index in [0.717, 1.165) is 25.3 Å². The summed E-state index contributed by atoms with van der Waals surface area (Å²) >= 11 is 0. The third-order valence-corrected chi connectivity index (χ3v) is 3.14. The van der Waals surface area contributed by atoms with Gasteiger partial charge in [0.15, 0.2) is 0 Å². The summed E-state index contributed by atoms with van der Waals surface area (Å²) in [6.07, 6.45) is 8.68. The van der Waals surface area contributed by atoms with Crippen LogP contribution in [0.4, 0.5) is 0 Å². The van der Waals surface area contributed by atoms with Gasteiger partial charge in [0.05, 0.1) is 0 Å². The number of terminal acetylenes is 1. The molecule has 0 aromatic carbocycles. The van der Waals surface area contributed by atoms with Crippen molar-refractivity contribution in [1.29, 1.82) is 0 Å². The minimum Gasteiger partial charge on any atom is -0.314 e. The fourth-order valence-corrected chi connectivity index (χ4v) is 2.14. The molecule has 1 nitrogen and oxygen atoms in total. The molecule has 74 valence electrons. The highest BCUT2D eigenvalue weighted by Crippen LogP contribution is 2.54. The van der Waals surface area contributed by atoms with Crippen molar-refractivity contribution in [3.05, 3.63) is 0 Å². The largest absolute Gasteiger partial charge is 0.314 e. The van der Waals surface area contributed by atoms with Crippen LogP contribution in [0.5, 0.6) is 0 Å². The first-order valence-electron chi connectivity index (χ1n) is 5.28. The Kier molecular flexibility index (Phi) is 3.39. The van der Waals surface area contributed by atoms with E-state index in [1.165, 1.54) is 6.42 Å². The van der Waals surface area contributed by atoms with Crippen molar-refractivity contribution >= 4 is 0 Å². The van der Waals surface area contributed by atoms with Gasteiger partial charge >= 0.3 is 0 Å². The summed E-state index contributed by atoms with van der Waals surface area (Å²) in [5.41, 5.74) is 0.557. The van der Waals surface area contributed by atoms with Gasteiger partial charge < -0.3 is 5.32 Å². The fraction of sp³-hybridized carbons (Fsp3) is 0.833. The Bertz CT molecular complexity index is 200. The highest BCUT2D eigenvalue weighted by Gasteiger charge is 2.49. The van der Waals surface area contributed by atoms with Gasteiger partial charge in [0.2, 0.25) is 0 Å². The molecule has 0 heterocycles. The summed E-state index contributed by atoms with van der Waals surface area (Å²) in [7, 11) is 0. The predicted octanol–water partition coefficient (Wildman–Crippen LogP) is 2.42. The molecule has 0 spiro atoms. The molecule has 2 atom stereocenters. The Labute approximate surface area is 82.3 Å². The molecule has 0 aromatic heterocycles. The summed E-state index contributed by atoms with van der Waals surface area (Å²) in [6, 6.07) is 0.649. The average molecular weight is 179 g/mol. The molecule has 0 radical (unpaired) electrons. The van der Waals surface area contributed by atoms with Crippen molar-refractivity contribution in [2.24, 2.45) is 11.3 Å². The normalized spacial score (nSPS) is 26.5. The first-order valence-corrected chi connectivity index (χ1v) is 5.28. The molecule has 1 aliphatic rings. The molecule has 1 rings (SSSR count). The highest BCUT2D eigenvalue weighted by molar-refractivity contribution is 5.02. The van der Waals surface area contributed by atoms with E-state index in [0.29, 0.717) is 11.5 Å². The van der Waals surface area contributed by atoms with E-state index < -0.39 is 0 Å². The van der Waals surface area contributed by atoms with Crippen molar-refractivity contribution in [3.8, 4) is 12.3 Å². The number of hydrogen-bond donors (Lipinski definition) is 1. The third-order valence-electron chi connectivity index (χ3n) is 3.14. The van der Waals surface area contributed by atoms with Crippen LogP contribution in [0.2, 0.25) is 0 Å². The molecule has 1 aliphatic carbocycles. The molecule has 0 bridgehead atoms. The third kappa shape index (κ3) is 2.74. The molecule has 1 fully saturated rings. The molecular weight excluding hydrogens is 158 g/mol. The van der Waals surface area contributed by atoms with Gasteiger partial charge in [-0.2, -0.15) is 0 Å². The lowest BCUT2D eigenvalue weighted by atomic mass is 10.00. The zero-order valence-electron chi connectivity index (χ0n) is 9.06. The second kappa shape index (κ2) is 4.15. The Hall–Kier alpha value is -0.480. The Balaban J connectivity index is 2.36. The number of nitrogens with one attached hydrogen (secondary N) is 1. The van der Waals surface area contributed by atoms with Gasteiger partial charge in [-0.15, -0.1) is 12.3 Å². The van der Waals surface area contributed by atoms with Crippen molar-refractivity contribution in [2.45, 2.75) is 46.1 Å². The first-order chi connectivity index (χ1) is 6.11. The van der Waals surface area contributed by atoms with Gasteiger partial charge in [-0.05, 0) is 30.7 Å². The summed E-state index contributed by atoms with van der Waals surface area (Å²) in [5, 5.41) is 3.54. The maximum absolute atomic E-state index is 5.28. The van der Waals surface area contributed by atoms with Crippen molar-refractivity contribution in [1.82, 2.24) is 5.32 Å². The van der Waals surface area contributed by atoms with Gasteiger partial charge in [-0.3, -0.25) is 0 Å². The van der Waals surface area contributed by atoms with Crippen LogP contribution in [0.15, 0.2) is 0 Å². The van der Waals surface area contributed by atoms with Crippen LogP contribution < -0.4 is 5.32 Å². The highest BCUT2D eigenvalue weighted by atomic mass is 14.9. The van der Waals surface area contributed by atoms with Crippen LogP contribution >= 0.6 is 0 Å². The van der Waals surface area contributed by atoms with Crippen LogP contribution in [0.25, 0.3) is 0 Å². The minimum absolute atomic E-state index is 0.557. The number of rotatable bonds is 5. The Morgan fingerprint density at radius 1 is 1.62 bits per heavy atom. The van der Waals surface area contributed by atoms with E-state index in [1.54, 1.807) is 0 Å². The van der Waals surface area contributed by atoms with E-state index >= 15 is 0 Å². The van der Waals surface area contributed by atoms with Crippen molar-refractivity contribution < 1.29 is 0 Å². The average Bonchev–Trinajstić information content (AvgIpc) is 2.69. The lowest BCUT2D eigenvalue weighted by molar-refractivity contribution is 0.395. The lowest BCUT2D eigenvalue weighted by Crippen LogP contribution is -2.32. The van der Waals surface area contributed by atoms with Crippen LogP contribution in [0, 0.1) is 23.7 Å². The molecule has 2 unspecified atom stereocenters. The quantitative estimate of drug-likeness (QED) is 0.639. The van der Waals surface area contributed by atoms with Crippen molar-refractivity contribution in [3.63, 3.8) is 0 Å². The van der Waals surface area contributed by atoms with Gasteiger partial charge in [-0.25, -0.2) is 0 Å². The predicted molar refractivity (Wildman–Crippen MR) is 57.4 cm³/mol. The Morgan fingerprint density at radius 2 is 2.23 bits per heavy atom. The standard InChI is InChI=1S/C12H21N/c1-5-7-8-11(13-6-2)10-9-12(10,3)4/h1,10-11,13H,6-9H2,2-4H3. The molecule has 1 heteroatoms. The molecule has 0 aliphatic heterocycles. The molecule has 13 heavy (non-hydrogen) atoms. The van der Waals surface area contributed by atoms with E-state index in [9.17, 15) is 0 Å². The monoisotopic (exact) mass is 179 g/mol. The van der Waals surface area contributed by atoms with E-state index in [2.05, 4.69) is 32.0 Å². The Morgan fingerprint density at radius 3 is 2.62 bits per heavy atom. The summed E-state index contributed by atoms with van der Waals surface area (Å²) in [4.78, 5) is 0. The SMILES string of the molecule is C#CCCC(NCC)C1CC1(C)C. The van der Waals surface area contributed by atoms with E-state index in [-0.39, 0.29) is 0 Å².